The summed E-state index contributed by atoms with van der Waals surface area (Å²) in [5, 5.41) is 0. The number of nitrogens with zero attached hydrogens (tertiary/aromatic N) is 3. The molecular formula is C25H20FN3O3. The number of rotatable bonds is 4. The Kier molecular flexibility index (Phi) is 4.35. The number of hydrogen-bond donors (Lipinski definition) is 0. The number of amides is 1. The molecule has 2 aliphatic heterocycles. The van der Waals surface area contributed by atoms with Crippen LogP contribution >= 0.6 is 0 Å². The molecule has 1 fully saturated rings. The molecule has 6 nitrogen and oxygen atoms in total. The predicted octanol–water partition coefficient (Wildman–Crippen LogP) is 4.47. The van der Waals surface area contributed by atoms with E-state index in [-0.39, 0.29) is 24.4 Å². The van der Waals surface area contributed by atoms with E-state index in [4.69, 9.17) is 14.5 Å². The highest BCUT2D eigenvalue weighted by atomic mass is 19.1. The van der Waals surface area contributed by atoms with Crippen LogP contribution in [0.15, 0.2) is 66.7 Å². The summed E-state index contributed by atoms with van der Waals surface area (Å²) in [5.41, 5.74) is 3.66. The predicted molar refractivity (Wildman–Crippen MR) is 118 cm³/mol. The normalized spacial score (nSPS) is 17.5. The van der Waals surface area contributed by atoms with Crippen molar-refractivity contribution in [3.05, 3.63) is 83.9 Å². The summed E-state index contributed by atoms with van der Waals surface area (Å²) >= 11 is 0. The second-order valence-electron chi connectivity index (χ2n) is 8.11. The maximum atomic E-state index is 13.4. The van der Waals surface area contributed by atoms with Gasteiger partial charge in [0.15, 0.2) is 11.5 Å². The number of fused-ring (bicyclic) bond motifs is 2. The van der Waals surface area contributed by atoms with E-state index in [0.29, 0.717) is 31.0 Å². The Morgan fingerprint density at radius 3 is 2.69 bits per heavy atom. The van der Waals surface area contributed by atoms with Gasteiger partial charge in [0.1, 0.15) is 11.6 Å². The molecule has 1 saturated heterocycles. The van der Waals surface area contributed by atoms with Crippen molar-refractivity contribution in [3.8, 4) is 11.5 Å². The molecule has 7 heteroatoms. The second-order valence-corrected chi connectivity index (χ2v) is 8.11. The number of benzene rings is 3. The van der Waals surface area contributed by atoms with Crippen LogP contribution in [0.3, 0.4) is 0 Å². The third-order valence-corrected chi connectivity index (χ3v) is 6.10. The molecule has 1 atom stereocenters. The van der Waals surface area contributed by atoms with Gasteiger partial charge in [-0.1, -0.05) is 24.3 Å². The minimum Gasteiger partial charge on any atom is -0.454 e. The maximum Gasteiger partial charge on any atom is 0.231 e. The van der Waals surface area contributed by atoms with Gasteiger partial charge in [0.05, 0.1) is 11.0 Å². The first-order valence-corrected chi connectivity index (χ1v) is 10.6. The Morgan fingerprint density at radius 2 is 1.81 bits per heavy atom. The quantitative estimate of drug-likeness (QED) is 0.480. The van der Waals surface area contributed by atoms with Gasteiger partial charge in [0.2, 0.25) is 12.7 Å². The monoisotopic (exact) mass is 429 g/mol. The molecule has 3 heterocycles. The molecule has 32 heavy (non-hydrogen) atoms. The fourth-order valence-electron chi connectivity index (χ4n) is 4.53. The van der Waals surface area contributed by atoms with E-state index in [2.05, 4.69) is 4.57 Å². The number of ether oxygens (including phenoxy) is 2. The molecule has 1 aromatic heterocycles. The van der Waals surface area contributed by atoms with Crippen molar-refractivity contribution in [2.24, 2.45) is 0 Å². The van der Waals surface area contributed by atoms with Crippen LogP contribution in [0.4, 0.5) is 10.1 Å². The lowest BCUT2D eigenvalue weighted by Gasteiger charge is -2.18. The first-order chi connectivity index (χ1) is 15.7. The van der Waals surface area contributed by atoms with Gasteiger partial charge in [-0.05, 0) is 42.0 Å². The van der Waals surface area contributed by atoms with E-state index in [9.17, 15) is 9.18 Å². The summed E-state index contributed by atoms with van der Waals surface area (Å²) in [4.78, 5) is 19.6. The van der Waals surface area contributed by atoms with Crippen LogP contribution in [0.25, 0.3) is 11.0 Å². The average Bonchev–Trinajstić information content (AvgIpc) is 3.52. The van der Waals surface area contributed by atoms with E-state index in [1.165, 1.54) is 12.1 Å². The van der Waals surface area contributed by atoms with Crippen LogP contribution < -0.4 is 14.4 Å². The van der Waals surface area contributed by atoms with Crippen LogP contribution in [0, 0.1) is 5.82 Å². The van der Waals surface area contributed by atoms with Crippen LogP contribution in [0.1, 0.15) is 23.7 Å². The molecule has 160 valence electrons. The van der Waals surface area contributed by atoms with Gasteiger partial charge < -0.3 is 18.9 Å². The molecule has 0 aliphatic carbocycles. The van der Waals surface area contributed by atoms with Gasteiger partial charge in [0, 0.05) is 37.2 Å². The highest BCUT2D eigenvalue weighted by Crippen LogP contribution is 2.39. The summed E-state index contributed by atoms with van der Waals surface area (Å²) < 4.78 is 26.4. The summed E-state index contributed by atoms with van der Waals surface area (Å²) in [6, 6.07) is 20.0. The molecule has 0 spiro atoms. The number of hydrogen-bond acceptors (Lipinski definition) is 4. The second kappa shape index (κ2) is 7.37. The first kappa shape index (κ1) is 18.9. The molecule has 0 N–H and O–H groups in total. The van der Waals surface area contributed by atoms with Crippen molar-refractivity contribution < 1.29 is 18.7 Å². The number of carbonyl (C=O) groups excluding carboxylic acids is 1. The summed E-state index contributed by atoms with van der Waals surface area (Å²) in [7, 11) is 0. The molecule has 1 amide bonds. The number of aromatic nitrogens is 2. The van der Waals surface area contributed by atoms with Gasteiger partial charge in [-0.25, -0.2) is 9.37 Å². The number of para-hydroxylation sites is 2. The highest BCUT2D eigenvalue weighted by Gasteiger charge is 2.35. The van der Waals surface area contributed by atoms with E-state index in [0.717, 1.165) is 28.1 Å². The summed E-state index contributed by atoms with van der Waals surface area (Å²) in [6.07, 6.45) is 0.376. The molecule has 2 aliphatic rings. The Balaban J connectivity index is 1.35. The maximum absolute atomic E-state index is 13.4. The Labute approximate surface area is 183 Å². The van der Waals surface area contributed by atoms with Crippen LogP contribution in [-0.2, 0) is 11.3 Å². The van der Waals surface area contributed by atoms with Crippen molar-refractivity contribution >= 4 is 22.6 Å². The zero-order valence-electron chi connectivity index (χ0n) is 17.2. The third kappa shape index (κ3) is 3.17. The Bertz CT molecular complexity index is 1330. The molecule has 1 unspecified atom stereocenters. The van der Waals surface area contributed by atoms with Crippen LogP contribution in [0.5, 0.6) is 11.5 Å². The molecule has 4 aromatic rings. The molecule has 6 rings (SSSR count). The Morgan fingerprint density at radius 1 is 1.00 bits per heavy atom. The number of carbonyl (C=O) groups is 1. The average molecular weight is 429 g/mol. The lowest BCUT2D eigenvalue weighted by atomic mass is 10.1. The fourth-order valence-corrected chi connectivity index (χ4v) is 4.53. The van der Waals surface area contributed by atoms with Crippen molar-refractivity contribution in [1.29, 1.82) is 0 Å². The third-order valence-electron chi connectivity index (χ3n) is 6.10. The van der Waals surface area contributed by atoms with Gasteiger partial charge in [-0.2, -0.15) is 0 Å². The molecule has 0 bridgehead atoms. The van der Waals surface area contributed by atoms with E-state index < -0.39 is 0 Å². The van der Waals surface area contributed by atoms with Crippen molar-refractivity contribution in [2.45, 2.75) is 18.9 Å². The van der Waals surface area contributed by atoms with E-state index in [1.807, 2.05) is 42.5 Å². The van der Waals surface area contributed by atoms with Crippen molar-refractivity contribution in [1.82, 2.24) is 9.55 Å². The van der Waals surface area contributed by atoms with E-state index >= 15 is 0 Å². The SMILES string of the molecule is O=C1CC(c2nc3ccccc3n2Cc2ccc(F)cc2)CN1c1ccc2c(c1)OCO2. The fraction of sp³-hybridized carbons (Fsp3) is 0.200. The number of halogens is 1. The number of anilines is 1. The largest absolute Gasteiger partial charge is 0.454 e. The van der Waals surface area contributed by atoms with Gasteiger partial charge in [-0.15, -0.1) is 0 Å². The standard InChI is InChI=1S/C25H20FN3O3/c26-18-7-5-16(6-8-18)13-29-21-4-2-1-3-20(21)27-25(29)17-11-24(30)28(14-17)19-9-10-22-23(12-19)32-15-31-22/h1-10,12,17H,11,13-15H2. The first-order valence-electron chi connectivity index (χ1n) is 10.6. The lowest BCUT2D eigenvalue weighted by molar-refractivity contribution is -0.117. The van der Waals surface area contributed by atoms with Gasteiger partial charge in [0.25, 0.3) is 0 Å². The van der Waals surface area contributed by atoms with Gasteiger partial charge in [-0.3, -0.25) is 4.79 Å². The van der Waals surface area contributed by atoms with E-state index in [1.54, 1.807) is 17.0 Å². The number of imidazole rings is 1. The van der Waals surface area contributed by atoms with Crippen molar-refractivity contribution in [2.75, 3.05) is 18.2 Å². The summed E-state index contributed by atoms with van der Waals surface area (Å²) in [6.45, 7) is 1.29. The molecule has 0 radical (unpaired) electrons. The summed E-state index contributed by atoms with van der Waals surface area (Å²) in [5.74, 6) is 1.95. The molecule has 0 saturated carbocycles. The lowest BCUT2D eigenvalue weighted by Crippen LogP contribution is -2.24. The zero-order chi connectivity index (χ0) is 21.7. The van der Waals surface area contributed by atoms with Crippen LogP contribution in [-0.4, -0.2) is 28.8 Å². The molecule has 3 aromatic carbocycles. The highest BCUT2D eigenvalue weighted by molar-refractivity contribution is 5.97. The minimum atomic E-state index is -0.259. The minimum absolute atomic E-state index is 0.0502. The Hall–Kier alpha value is -3.87. The smallest absolute Gasteiger partial charge is 0.231 e. The topological polar surface area (TPSA) is 56.6 Å². The van der Waals surface area contributed by atoms with Crippen molar-refractivity contribution in [3.63, 3.8) is 0 Å². The van der Waals surface area contributed by atoms with Gasteiger partial charge >= 0.3 is 0 Å². The zero-order valence-corrected chi connectivity index (χ0v) is 17.2. The molecular weight excluding hydrogens is 409 g/mol. The van der Waals surface area contributed by atoms with Crippen LogP contribution in [0.2, 0.25) is 0 Å².